The summed E-state index contributed by atoms with van der Waals surface area (Å²) in [7, 11) is -1.78. The zero-order valence-corrected chi connectivity index (χ0v) is 11.6. The SMILES string of the molecule is CNCC(C)S(=O)(=O)NC(C)c1ccccc1F. The molecule has 0 aliphatic rings. The summed E-state index contributed by atoms with van der Waals surface area (Å²) in [5.74, 6) is -0.408. The van der Waals surface area contributed by atoms with Gasteiger partial charge in [-0.25, -0.2) is 17.5 Å². The Kier molecular flexibility index (Phi) is 5.25. The van der Waals surface area contributed by atoms with Gasteiger partial charge < -0.3 is 5.32 Å². The lowest BCUT2D eigenvalue weighted by Gasteiger charge is -2.19. The molecule has 0 saturated carbocycles. The molecule has 0 aliphatic heterocycles. The predicted octanol–water partition coefficient (Wildman–Crippen LogP) is 1.41. The van der Waals surface area contributed by atoms with Crippen LogP contribution in [0.1, 0.15) is 25.5 Å². The van der Waals surface area contributed by atoms with Gasteiger partial charge in [-0.1, -0.05) is 18.2 Å². The van der Waals surface area contributed by atoms with E-state index in [1.165, 1.54) is 6.07 Å². The molecule has 0 saturated heterocycles. The first kappa shape index (κ1) is 15.1. The maximum Gasteiger partial charge on any atom is 0.216 e. The third-order valence-corrected chi connectivity index (χ3v) is 4.64. The molecule has 0 radical (unpaired) electrons. The van der Waals surface area contributed by atoms with E-state index < -0.39 is 27.1 Å². The highest BCUT2D eigenvalue weighted by Gasteiger charge is 2.23. The normalized spacial score (nSPS) is 15.3. The average molecular weight is 274 g/mol. The number of halogens is 1. The highest BCUT2D eigenvalue weighted by atomic mass is 32.2. The third kappa shape index (κ3) is 3.76. The van der Waals surface area contributed by atoms with E-state index in [-0.39, 0.29) is 0 Å². The lowest BCUT2D eigenvalue weighted by atomic mass is 10.1. The molecule has 2 unspecified atom stereocenters. The van der Waals surface area contributed by atoms with Crippen LogP contribution >= 0.6 is 0 Å². The summed E-state index contributed by atoms with van der Waals surface area (Å²) in [6, 6.07) is 5.56. The number of benzene rings is 1. The molecule has 2 atom stereocenters. The van der Waals surface area contributed by atoms with Crippen LogP contribution in [0.25, 0.3) is 0 Å². The van der Waals surface area contributed by atoms with E-state index in [1.54, 1.807) is 39.1 Å². The van der Waals surface area contributed by atoms with Crippen LogP contribution in [-0.2, 0) is 10.0 Å². The van der Waals surface area contributed by atoms with Crippen molar-refractivity contribution >= 4 is 10.0 Å². The lowest BCUT2D eigenvalue weighted by Crippen LogP contribution is -2.39. The molecule has 2 N–H and O–H groups in total. The molecule has 0 aromatic heterocycles. The van der Waals surface area contributed by atoms with E-state index in [4.69, 9.17) is 0 Å². The third-order valence-electron chi connectivity index (χ3n) is 2.73. The van der Waals surface area contributed by atoms with E-state index >= 15 is 0 Å². The molecular formula is C12H19FN2O2S. The summed E-state index contributed by atoms with van der Waals surface area (Å²) >= 11 is 0. The fourth-order valence-electron chi connectivity index (χ4n) is 1.65. The Morgan fingerprint density at radius 2 is 1.89 bits per heavy atom. The molecule has 0 aliphatic carbocycles. The standard InChI is InChI=1S/C12H19FN2O2S/c1-9(8-14-3)18(16,17)15-10(2)11-6-4-5-7-12(11)13/h4-7,9-10,14-15H,8H2,1-3H3. The van der Waals surface area contributed by atoms with Crippen molar-refractivity contribution in [2.24, 2.45) is 0 Å². The van der Waals surface area contributed by atoms with Gasteiger partial charge in [-0.2, -0.15) is 0 Å². The number of rotatable bonds is 6. The van der Waals surface area contributed by atoms with Crippen molar-refractivity contribution in [1.82, 2.24) is 10.0 Å². The van der Waals surface area contributed by atoms with E-state index in [9.17, 15) is 12.8 Å². The number of hydrogen-bond donors (Lipinski definition) is 2. The Bertz CT molecular complexity index is 491. The minimum atomic E-state index is -3.47. The topological polar surface area (TPSA) is 58.2 Å². The molecule has 18 heavy (non-hydrogen) atoms. The molecule has 0 bridgehead atoms. The quantitative estimate of drug-likeness (QED) is 0.824. The Hall–Kier alpha value is -0.980. The van der Waals surface area contributed by atoms with Crippen LogP contribution in [-0.4, -0.2) is 27.3 Å². The zero-order valence-electron chi connectivity index (χ0n) is 10.8. The first-order valence-electron chi connectivity index (χ1n) is 5.78. The molecule has 102 valence electrons. The molecular weight excluding hydrogens is 255 g/mol. The largest absolute Gasteiger partial charge is 0.318 e. The van der Waals surface area contributed by atoms with Crippen LogP contribution < -0.4 is 10.0 Å². The minimum Gasteiger partial charge on any atom is -0.318 e. The molecule has 0 amide bonds. The fourth-order valence-corrected chi connectivity index (χ4v) is 2.89. The fraction of sp³-hybridized carbons (Fsp3) is 0.500. The second kappa shape index (κ2) is 6.26. The Morgan fingerprint density at radius 3 is 2.44 bits per heavy atom. The second-order valence-electron chi connectivity index (χ2n) is 4.27. The monoisotopic (exact) mass is 274 g/mol. The molecule has 6 heteroatoms. The van der Waals surface area contributed by atoms with Gasteiger partial charge in [0.25, 0.3) is 0 Å². The second-order valence-corrected chi connectivity index (χ2v) is 6.40. The van der Waals surface area contributed by atoms with Gasteiger partial charge in [0.15, 0.2) is 0 Å². The average Bonchev–Trinajstić information content (AvgIpc) is 2.29. The van der Waals surface area contributed by atoms with Crippen molar-refractivity contribution < 1.29 is 12.8 Å². The zero-order chi connectivity index (χ0) is 13.8. The predicted molar refractivity (Wildman–Crippen MR) is 70.3 cm³/mol. The molecule has 1 aromatic carbocycles. The summed E-state index contributed by atoms with van der Waals surface area (Å²) in [5, 5.41) is 2.23. The summed E-state index contributed by atoms with van der Waals surface area (Å²) in [5.41, 5.74) is 0.345. The van der Waals surface area contributed by atoms with Crippen LogP contribution in [0.3, 0.4) is 0 Å². The summed E-state index contributed by atoms with van der Waals surface area (Å²) in [4.78, 5) is 0. The van der Waals surface area contributed by atoms with Crippen molar-refractivity contribution in [2.75, 3.05) is 13.6 Å². The first-order valence-corrected chi connectivity index (χ1v) is 7.33. The summed E-state index contributed by atoms with van der Waals surface area (Å²) < 4.78 is 39.9. The number of sulfonamides is 1. The molecule has 0 heterocycles. The van der Waals surface area contributed by atoms with Gasteiger partial charge >= 0.3 is 0 Å². The number of nitrogens with one attached hydrogen (secondary N) is 2. The smallest absolute Gasteiger partial charge is 0.216 e. The van der Waals surface area contributed by atoms with Crippen LogP contribution in [0, 0.1) is 5.82 Å². The lowest BCUT2D eigenvalue weighted by molar-refractivity contribution is 0.538. The Labute approximate surface area is 108 Å². The van der Waals surface area contributed by atoms with E-state index in [0.717, 1.165) is 0 Å². The maximum absolute atomic E-state index is 13.5. The van der Waals surface area contributed by atoms with Gasteiger partial charge in [-0.3, -0.25) is 0 Å². The van der Waals surface area contributed by atoms with Crippen LogP contribution in [0.5, 0.6) is 0 Å². The first-order chi connectivity index (χ1) is 8.38. The van der Waals surface area contributed by atoms with Crippen LogP contribution in [0.2, 0.25) is 0 Å². The van der Waals surface area contributed by atoms with Crippen molar-refractivity contribution in [1.29, 1.82) is 0 Å². The number of hydrogen-bond acceptors (Lipinski definition) is 3. The van der Waals surface area contributed by atoms with Gasteiger partial charge in [0.05, 0.1) is 5.25 Å². The Balaban J connectivity index is 2.82. The highest BCUT2D eigenvalue weighted by Crippen LogP contribution is 2.17. The molecule has 1 rings (SSSR count). The summed E-state index contributed by atoms with van der Waals surface area (Å²) in [6.45, 7) is 3.58. The van der Waals surface area contributed by atoms with Gasteiger partial charge in [-0.15, -0.1) is 0 Å². The molecule has 0 spiro atoms. The highest BCUT2D eigenvalue weighted by molar-refractivity contribution is 7.90. The minimum absolute atomic E-state index is 0.345. The van der Waals surface area contributed by atoms with Crippen molar-refractivity contribution in [3.8, 4) is 0 Å². The molecule has 4 nitrogen and oxygen atoms in total. The van der Waals surface area contributed by atoms with Crippen LogP contribution in [0.15, 0.2) is 24.3 Å². The van der Waals surface area contributed by atoms with E-state index in [2.05, 4.69) is 10.0 Å². The van der Waals surface area contributed by atoms with Gasteiger partial charge in [0.1, 0.15) is 5.82 Å². The Morgan fingerprint density at radius 1 is 1.28 bits per heavy atom. The van der Waals surface area contributed by atoms with E-state index in [0.29, 0.717) is 12.1 Å². The maximum atomic E-state index is 13.5. The molecule has 0 fully saturated rings. The van der Waals surface area contributed by atoms with E-state index in [1.807, 2.05) is 0 Å². The summed E-state index contributed by atoms with van der Waals surface area (Å²) in [6.07, 6.45) is 0. The van der Waals surface area contributed by atoms with Gasteiger partial charge in [0, 0.05) is 18.2 Å². The van der Waals surface area contributed by atoms with Gasteiger partial charge in [0.2, 0.25) is 10.0 Å². The van der Waals surface area contributed by atoms with Crippen molar-refractivity contribution in [3.63, 3.8) is 0 Å². The van der Waals surface area contributed by atoms with Crippen molar-refractivity contribution in [2.45, 2.75) is 25.1 Å². The molecule has 1 aromatic rings. The van der Waals surface area contributed by atoms with Crippen molar-refractivity contribution in [3.05, 3.63) is 35.6 Å². The van der Waals surface area contributed by atoms with Gasteiger partial charge in [-0.05, 0) is 27.0 Å². The van der Waals surface area contributed by atoms with Crippen LogP contribution in [0.4, 0.5) is 4.39 Å².